The monoisotopic (exact) mass is 415 g/mol. The Kier molecular flexibility index (Phi) is 5.32. The van der Waals surface area contributed by atoms with E-state index in [2.05, 4.69) is 58.8 Å². The first kappa shape index (κ1) is 19.9. The molecule has 160 valence electrons. The molecule has 4 heterocycles. The van der Waals surface area contributed by atoms with Gasteiger partial charge in [-0.25, -0.2) is 4.98 Å². The number of aromatic nitrogens is 4. The molecule has 1 aromatic carbocycles. The first-order valence-corrected chi connectivity index (χ1v) is 11.2. The number of nitrogens with zero attached hydrogens (tertiary/aromatic N) is 5. The molecule has 6 heteroatoms. The Balaban J connectivity index is 1.44. The van der Waals surface area contributed by atoms with Gasteiger partial charge in [0.05, 0.1) is 23.2 Å². The van der Waals surface area contributed by atoms with Crippen LogP contribution in [0.4, 0.5) is 0 Å². The van der Waals surface area contributed by atoms with Crippen molar-refractivity contribution in [1.29, 1.82) is 0 Å². The van der Waals surface area contributed by atoms with Crippen LogP contribution in [0.25, 0.3) is 22.3 Å². The third-order valence-corrected chi connectivity index (χ3v) is 6.25. The standard InChI is InChI=1S/C25H29N5O/c1-17(2)30-16-26-25-23(30)14-22(27-24(25)20-7-5-4-6-8-20)19-9-11-29(12-10-19)15-21-13-18(3)31-28-21/h4-8,13-14,16-17,19H,9-12,15H2,1-3H3. The van der Waals surface area contributed by atoms with Gasteiger partial charge in [-0.05, 0) is 52.8 Å². The van der Waals surface area contributed by atoms with E-state index in [1.807, 2.05) is 25.4 Å². The van der Waals surface area contributed by atoms with Crippen LogP contribution in [0, 0.1) is 6.92 Å². The molecule has 0 unspecified atom stereocenters. The Morgan fingerprint density at radius 2 is 1.87 bits per heavy atom. The summed E-state index contributed by atoms with van der Waals surface area (Å²) >= 11 is 0. The molecule has 6 nitrogen and oxygen atoms in total. The molecule has 5 rings (SSSR count). The van der Waals surface area contributed by atoms with E-state index in [-0.39, 0.29) is 0 Å². The van der Waals surface area contributed by atoms with E-state index < -0.39 is 0 Å². The molecule has 0 spiro atoms. The van der Waals surface area contributed by atoms with Gasteiger partial charge >= 0.3 is 0 Å². The maximum Gasteiger partial charge on any atom is 0.133 e. The van der Waals surface area contributed by atoms with E-state index in [1.165, 1.54) is 11.2 Å². The Morgan fingerprint density at radius 3 is 2.55 bits per heavy atom. The van der Waals surface area contributed by atoms with Crippen LogP contribution in [0.3, 0.4) is 0 Å². The van der Waals surface area contributed by atoms with E-state index in [9.17, 15) is 0 Å². The predicted octanol–water partition coefficient (Wildman–Crippen LogP) is 5.36. The average Bonchev–Trinajstić information content (AvgIpc) is 3.40. The quantitative estimate of drug-likeness (QED) is 0.439. The molecule has 1 fully saturated rings. The van der Waals surface area contributed by atoms with Gasteiger partial charge in [-0.15, -0.1) is 0 Å². The number of rotatable bonds is 5. The predicted molar refractivity (Wildman–Crippen MR) is 122 cm³/mol. The van der Waals surface area contributed by atoms with Crippen molar-refractivity contribution in [2.24, 2.45) is 0 Å². The van der Waals surface area contributed by atoms with Crippen molar-refractivity contribution in [3.05, 3.63) is 65.9 Å². The van der Waals surface area contributed by atoms with Crippen LogP contribution in [-0.2, 0) is 6.54 Å². The van der Waals surface area contributed by atoms with Crippen molar-refractivity contribution >= 4 is 11.0 Å². The Hall–Kier alpha value is -2.99. The molecule has 1 saturated heterocycles. The summed E-state index contributed by atoms with van der Waals surface area (Å²) in [4.78, 5) is 12.4. The topological polar surface area (TPSA) is 60.0 Å². The summed E-state index contributed by atoms with van der Waals surface area (Å²) in [5.41, 5.74) is 6.49. The molecule has 0 N–H and O–H groups in total. The number of aryl methyl sites for hydroxylation is 1. The van der Waals surface area contributed by atoms with Crippen molar-refractivity contribution in [1.82, 2.24) is 24.6 Å². The molecule has 1 aliphatic rings. The molecular weight excluding hydrogens is 386 g/mol. The summed E-state index contributed by atoms with van der Waals surface area (Å²) in [7, 11) is 0. The zero-order valence-electron chi connectivity index (χ0n) is 18.5. The van der Waals surface area contributed by atoms with E-state index in [1.54, 1.807) is 0 Å². The van der Waals surface area contributed by atoms with Crippen LogP contribution in [-0.4, -0.2) is 37.7 Å². The maximum absolute atomic E-state index is 5.22. The van der Waals surface area contributed by atoms with Gasteiger partial charge < -0.3 is 9.09 Å². The summed E-state index contributed by atoms with van der Waals surface area (Å²) in [5.74, 6) is 1.33. The molecule has 0 bridgehead atoms. The molecule has 0 saturated carbocycles. The van der Waals surface area contributed by atoms with Crippen molar-refractivity contribution in [2.45, 2.75) is 52.1 Å². The zero-order chi connectivity index (χ0) is 21.4. The van der Waals surface area contributed by atoms with Crippen molar-refractivity contribution in [3.8, 4) is 11.3 Å². The fourth-order valence-electron chi connectivity index (χ4n) is 4.58. The average molecular weight is 416 g/mol. The lowest BCUT2D eigenvalue weighted by molar-refractivity contribution is 0.198. The zero-order valence-corrected chi connectivity index (χ0v) is 18.5. The van der Waals surface area contributed by atoms with Gasteiger partial charge in [0.15, 0.2) is 0 Å². The fraction of sp³-hybridized carbons (Fsp3) is 0.400. The van der Waals surface area contributed by atoms with Gasteiger partial charge in [0.25, 0.3) is 0 Å². The third-order valence-electron chi connectivity index (χ3n) is 6.25. The highest BCUT2D eigenvalue weighted by Gasteiger charge is 2.25. The van der Waals surface area contributed by atoms with Gasteiger partial charge in [0, 0.05) is 35.8 Å². The van der Waals surface area contributed by atoms with Gasteiger partial charge in [0.2, 0.25) is 0 Å². The van der Waals surface area contributed by atoms with E-state index >= 15 is 0 Å². The van der Waals surface area contributed by atoms with Gasteiger partial charge in [0.1, 0.15) is 11.3 Å². The number of benzene rings is 1. The second kappa shape index (κ2) is 8.27. The van der Waals surface area contributed by atoms with Crippen LogP contribution < -0.4 is 0 Å². The molecule has 0 aliphatic carbocycles. The molecule has 3 aromatic heterocycles. The van der Waals surface area contributed by atoms with Crippen LogP contribution >= 0.6 is 0 Å². The first-order chi connectivity index (χ1) is 15.1. The Morgan fingerprint density at radius 1 is 1.10 bits per heavy atom. The lowest BCUT2D eigenvalue weighted by atomic mass is 9.92. The number of imidazole rings is 1. The summed E-state index contributed by atoms with van der Waals surface area (Å²) in [6.07, 6.45) is 4.15. The van der Waals surface area contributed by atoms with Crippen molar-refractivity contribution in [2.75, 3.05) is 13.1 Å². The molecular formula is C25H29N5O. The largest absolute Gasteiger partial charge is 0.361 e. The maximum atomic E-state index is 5.22. The second-order valence-corrected chi connectivity index (χ2v) is 8.85. The van der Waals surface area contributed by atoms with Crippen LogP contribution in [0.5, 0.6) is 0 Å². The lowest BCUT2D eigenvalue weighted by Gasteiger charge is -2.31. The highest BCUT2D eigenvalue weighted by molar-refractivity contribution is 5.90. The number of fused-ring (bicyclic) bond motifs is 1. The highest BCUT2D eigenvalue weighted by atomic mass is 16.5. The molecule has 0 radical (unpaired) electrons. The minimum atomic E-state index is 0.358. The Labute approximate surface area is 182 Å². The first-order valence-electron chi connectivity index (χ1n) is 11.2. The smallest absolute Gasteiger partial charge is 0.133 e. The third kappa shape index (κ3) is 4.00. The number of pyridine rings is 1. The molecule has 31 heavy (non-hydrogen) atoms. The SMILES string of the molecule is Cc1cc(CN2CCC(c3cc4c(ncn4C(C)C)c(-c4ccccc4)n3)CC2)no1. The minimum absolute atomic E-state index is 0.358. The van der Waals surface area contributed by atoms with E-state index in [0.29, 0.717) is 12.0 Å². The summed E-state index contributed by atoms with van der Waals surface area (Å²) < 4.78 is 7.48. The highest BCUT2D eigenvalue weighted by Crippen LogP contribution is 2.34. The lowest BCUT2D eigenvalue weighted by Crippen LogP contribution is -2.32. The summed E-state index contributed by atoms with van der Waals surface area (Å²) in [6.45, 7) is 9.28. The summed E-state index contributed by atoms with van der Waals surface area (Å²) in [5, 5.41) is 4.15. The van der Waals surface area contributed by atoms with Crippen LogP contribution in [0.2, 0.25) is 0 Å². The Bertz CT molecular complexity index is 1170. The van der Waals surface area contributed by atoms with E-state index in [4.69, 9.17) is 14.5 Å². The van der Waals surface area contributed by atoms with E-state index in [0.717, 1.165) is 60.7 Å². The molecule has 4 aromatic rings. The molecule has 1 aliphatic heterocycles. The fourth-order valence-corrected chi connectivity index (χ4v) is 4.58. The van der Waals surface area contributed by atoms with Crippen molar-refractivity contribution < 1.29 is 4.52 Å². The van der Waals surface area contributed by atoms with Gasteiger partial charge in [-0.2, -0.15) is 0 Å². The van der Waals surface area contributed by atoms with Crippen LogP contribution in [0.15, 0.2) is 53.3 Å². The summed E-state index contributed by atoms with van der Waals surface area (Å²) in [6, 6.07) is 15.1. The number of piperidine rings is 1. The normalized spacial score (nSPS) is 15.9. The van der Waals surface area contributed by atoms with Crippen LogP contribution in [0.1, 0.15) is 55.8 Å². The molecule has 0 atom stereocenters. The van der Waals surface area contributed by atoms with Gasteiger partial charge in [-0.1, -0.05) is 35.5 Å². The minimum Gasteiger partial charge on any atom is -0.361 e. The van der Waals surface area contributed by atoms with Crippen molar-refractivity contribution in [3.63, 3.8) is 0 Å². The number of hydrogen-bond donors (Lipinski definition) is 0. The van der Waals surface area contributed by atoms with Gasteiger partial charge in [-0.3, -0.25) is 9.88 Å². The molecule has 0 amide bonds. The number of likely N-dealkylation sites (tertiary alicyclic amines) is 1. The second-order valence-electron chi connectivity index (χ2n) is 8.85. The number of hydrogen-bond acceptors (Lipinski definition) is 5.